The summed E-state index contributed by atoms with van der Waals surface area (Å²) in [6.07, 6.45) is 0. The van der Waals surface area contributed by atoms with Crippen LogP contribution in [0.1, 0.15) is 0 Å². The van der Waals surface area contributed by atoms with Gasteiger partial charge in [0, 0.05) is 23.8 Å². The van der Waals surface area contributed by atoms with Crippen LogP contribution in [0.15, 0.2) is 39.9 Å². The Kier molecular flexibility index (Phi) is 4.96. The maximum Gasteiger partial charge on any atom is 0.376 e. The molecule has 2 aromatic carbocycles. The second-order valence-corrected chi connectivity index (χ2v) is 6.75. The summed E-state index contributed by atoms with van der Waals surface area (Å²) in [5, 5.41) is 12.9. The van der Waals surface area contributed by atoms with Crippen molar-refractivity contribution in [1.82, 2.24) is 5.16 Å². The van der Waals surface area contributed by atoms with Gasteiger partial charge in [-0.15, -0.1) is 0 Å². The van der Waals surface area contributed by atoms with E-state index in [9.17, 15) is 40.5 Å². The number of non-ortho nitro benzene ring substituents is 1. The molecule has 0 spiro atoms. The molecule has 1 aromatic heterocycles. The second kappa shape index (κ2) is 7.12. The van der Waals surface area contributed by atoms with E-state index in [1.54, 1.807) is 0 Å². The van der Waals surface area contributed by atoms with Crippen LogP contribution in [0.5, 0.6) is 5.75 Å². The molecule has 0 bridgehead atoms. The third-order valence-corrected chi connectivity index (χ3v) is 4.54. The van der Waals surface area contributed by atoms with Crippen molar-refractivity contribution in [3.63, 3.8) is 0 Å². The van der Waals surface area contributed by atoms with Gasteiger partial charge in [-0.2, -0.15) is 17.2 Å². The highest BCUT2D eigenvalue weighted by Crippen LogP contribution is 2.32. The van der Waals surface area contributed by atoms with Crippen LogP contribution >= 0.6 is 0 Å². The zero-order valence-corrected chi connectivity index (χ0v) is 14.3. The fraction of sp³-hybridized carbons (Fsp3) is 0. The summed E-state index contributed by atoms with van der Waals surface area (Å²) in [5.74, 6) is -14.4. The SMILES string of the molecule is O=[N+]([O-])c1ccc(-c2cc(S(=O)(=O)Oc3c(F)c(F)c(F)c(F)c3F)on2)cc1. The van der Waals surface area contributed by atoms with Gasteiger partial charge in [-0.3, -0.25) is 10.1 Å². The molecule has 0 atom stereocenters. The van der Waals surface area contributed by atoms with E-state index in [1.165, 1.54) is 12.1 Å². The van der Waals surface area contributed by atoms with Crippen LogP contribution in [0.25, 0.3) is 11.3 Å². The molecular formula is C15H5F5N2O6S. The first-order chi connectivity index (χ1) is 13.5. The molecule has 0 fully saturated rings. The van der Waals surface area contributed by atoms with Crippen LogP contribution in [-0.4, -0.2) is 18.5 Å². The monoisotopic (exact) mass is 436 g/mol. The van der Waals surface area contributed by atoms with Crippen molar-refractivity contribution in [2.24, 2.45) is 0 Å². The van der Waals surface area contributed by atoms with Crippen molar-refractivity contribution in [1.29, 1.82) is 0 Å². The Hall–Kier alpha value is -3.55. The minimum absolute atomic E-state index is 0.164. The highest BCUT2D eigenvalue weighted by Gasteiger charge is 2.32. The van der Waals surface area contributed by atoms with Crippen LogP contribution in [0.4, 0.5) is 27.6 Å². The van der Waals surface area contributed by atoms with Crippen molar-refractivity contribution in [2.45, 2.75) is 5.09 Å². The number of nitro benzene ring substituents is 1. The summed E-state index contributed by atoms with van der Waals surface area (Å²) < 4.78 is 99.3. The van der Waals surface area contributed by atoms with Gasteiger partial charge in [0.15, 0.2) is 0 Å². The molecule has 0 aliphatic rings. The van der Waals surface area contributed by atoms with Gasteiger partial charge in [0.2, 0.25) is 34.8 Å². The van der Waals surface area contributed by atoms with Gasteiger partial charge < -0.3 is 8.71 Å². The fourth-order valence-corrected chi connectivity index (χ4v) is 2.91. The first-order valence-electron chi connectivity index (χ1n) is 7.20. The van der Waals surface area contributed by atoms with Gasteiger partial charge in [0.25, 0.3) is 10.8 Å². The number of aromatic nitrogens is 1. The quantitative estimate of drug-likeness (QED) is 0.150. The van der Waals surface area contributed by atoms with Crippen molar-refractivity contribution in [3.05, 3.63) is 69.5 Å². The van der Waals surface area contributed by atoms with Crippen molar-refractivity contribution in [3.8, 4) is 17.0 Å². The summed E-state index contributed by atoms with van der Waals surface area (Å²) in [4.78, 5) is 9.94. The van der Waals surface area contributed by atoms with Crippen LogP contribution < -0.4 is 4.18 Å². The largest absolute Gasteiger partial charge is 0.376 e. The Morgan fingerprint density at radius 2 is 1.45 bits per heavy atom. The zero-order chi connectivity index (χ0) is 21.5. The molecule has 0 saturated heterocycles. The number of halogens is 5. The smallest absolute Gasteiger partial charge is 0.370 e. The normalized spacial score (nSPS) is 11.5. The van der Waals surface area contributed by atoms with E-state index >= 15 is 0 Å². The lowest BCUT2D eigenvalue weighted by atomic mass is 10.1. The topological polar surface area (TPSA) is 113 Å². The molecule has 0 aliphatic heterocycles. The Morgan fingerprint density at radius 3 is 1.97 bits per heavy atom. The predicted octanol–water partition coefficient (Wildman–Crippen LogP) is 3.71. The molecule has 3 aromatic rings. The minimum atomic E-state index is -5.19. The highest BCUT2D eigenvalue weighted by molar-refractivity contribution is 7.87. The molecule has 29 heavy (non-hydrogen) atoms. The van der Waals surface area contributed by atoms with Gasteiger partial charge in [-0.05, 0) is 12.1 Å². The predicted molar refractivity (Wildman–Crippen MR) is 82.6 cm³/mol. The summed E-state index contributed by atoms with van der Waals surface area (Å²) >= 11 is 0. The standard InChI is InChI=1S/C15H5F5N2O6S/c16-10-11(17)13(19)15(14(20)12(10)18)28-29(25,26)9-5-8(21-27-9)6-1-3-7(4-2-6)22(23)24/h1-5H. The first kappa shape index (κ1) is 20.2. The van der Waals surface area contributed by atoms with Crippen molar-refractivity contribution in [2.75, 3.05) is 0 Å². The molecule has 0 amide bonds. The van der Waals surface area contributed by atoms with E-state index in [0.717, 1.165) is 18.2 Å². The van der Waals surface area contributed by atoms with Crippen LogP contribution in [0.3, 0.4) is 0 Å². The number of nitro groups is 1. The summed E-state index contributed by atoms with van der Waals surface area (Å²) in [6.45, 7) is 0. The average Bonchev–Trinajstić information content (AvgIpc) is 3.19. The summed E-state index contributed by atoms with van der Waals surface area (Å²) in [7, 11) is -5.19. The van der Waals surface area contributed by atoms with Crippen molar-refractivity contribution < 1.29 is 44.0 Å². The molecule has 14 heteroatoms. The molecule has 1 heterocycles. The van der Waals surface area contributed by atoms with E-state index in [2.05, 4.69) is 13.9 Å². The van der Waals surface area contributed by atoms with Gasteiger partial charge in [0.1, 0.15) is 5.69 Å². The van der Waals surface area contributed by atoms with Crippen LogP contribution in [0, 0.1) is 39.2 Å². The minimum Gasteiger partial charge on any atom is -0.370 e. The summed E-state index contributed by atoms with van der Waals surface area (Å²) in [6, 6.07) is 5.31. The molecule has 0 radical (unpaired) electrons. The lowest BCUT2D eigenvalue weighted by Gasteiger charge is -2.08. The van der Waals surface area contributed by atoms with E-state index < -0.39 is 55.0 Å². The Morgan fingerprint density at radius 1 is 0.931 bits per heavy atom. The lowest BCUT2D eigenvalue weighted by molar-refractivity contribution is -0.384. The molecule has 3 rings (SSSR count). The number of benzene rings is 2. The Bertz CT molecular complexity index is 1200. The van der Waals surface area contributed by atoms with Gasteiger partial charge >= 0.3 is 10.1 Å². The van der Waals surface area contributed by atoms with E-state index in [0.29, 0.717) is 0 Å². The number of nitrogens with zero attached hydrogens (tertiary/aromatic N) is 2. The zero-order valence-electron chi connectivity index (χ0n) is 13.5. The maximum atomic E-state index is 13.6. The van der Waals surface area contributed by atoms with Crippen LogP contribution in [0.2, 0.25) is 0 Å². The number of rotatable bonds is 5. The molecule has 0 saturated carbocycles. The van der Waals surface area contributed by atoms with Gasteiger partial charge in [-0.1, -0.05) is 5.16 Å². The average molecular weight is 436 g/mol. The second-order valence-electron chi connectivity index (χ2n) is 5.27. The molecule has 8 nitrogen and oxygen atoms in total. The highest BCUT2D eigenvalue weighted by atomic mass is 32.2. The maximum absolute atomic E-state index is 13.6. The molecule has 0 unspecified atom stereocenters. The first-order valence-corrected chi connectivity index (χ1v) is 8.61. The number of hydrogen-bond acceptors (Lipinski definition) is 7. The van der Waals surface area contributed by atoms with E-state index in [4.69, 9.17) is 0 Å². The molecule has 152 valence electrons. The fourth-order valence-electron chi connectivity index (χ4n) is 2.07. The lowest BCUT2D eigenvalue weighted by Crippen LogP contribution is -2.14. The third kappa shape index (κ3) is 3.61. The Balaban J connectivity index is 1.95. The third-order valence-electron chi connectivity index (χ3n) is 3.47. The van der Waals surface area contributed by atoms with E-state index in [1.807, 2.05) is 0 Å². The molecule has 0 N–H and O–H groups in total. The number of hydrogen-bond donors (Lipinski definition) is 0. The summed E-state index contributed by atoms with van der Waals surface area (Å²) in [5.41, 5.74) is -0.267. The Labute approximate surface area is 157 Å². The molecule has 0 aliphatic carbocycles. The van der Waals surface area contributed by atoms with E-state index in [-0.39, 0.29) is 16.9 Å². The van der Waals surface area contributed by atoms with Crippen molar-refractivity contribution >= 4 is 15.8 Å². The van der Waals surface area contributed by atoms with Gasteiger partial charge in [-0.25, -0.2) is 13.2 Å². The van der Waals surface area contributed by atoms with Crippen LogP contribution in [-0.2, 0) is 10.1 Å². The van der Waals surface area contributed by atoms with Gasteiger partial charge in [0.05, 0.1) is 4.92 Å². The molecular weight excluding hydrogens is 431 g/mol.